The lowest BCUT2D eigenvalue weighted by Crippen LogP contribution is -2.34. The molecule has 0 spiro atoms. The van der Waals surface area contributed by atoms with Crippen LogP contribution in [-0.4, -0.2) is 26.3 Å². The zero-order valence-electron chi connectivity index (χ0n) is 9.52. The van der Waals surface area contributed by atoms with E-state index in [0.29, 0.717) is 6.42 Å². The van der Waals surface area contributed by atoms with Crippen molar-refractivity contribution in [3.8, 4) is 0 Å². The molecule has 92 valence electrons. The van der Waals surface area contributed by atoms with Crippen molar-refractivity contribution in [1.29, 1.82) is 0 Å². The van der Waals surface area contributed by atoms with Gasteiger partial charge in [0, 0.05) is 17.2 Å². The van der Waals surface area contributed by atoms with Gasteiger partial charge >= 0.3 is 0 Å². The van der Waals surface area contributed by atoms with Crippen molar-refractivity contribution in [2.75, 3.05) is 0 Å². The number of nitrogens with zero attached hydrogens (tertiary/aromatic N) is 3. The molecule has 0 saturated heterocycles. The number of aromatic nitrogens is 3. The van der Waals surface area contributed by atoms with Gasteiger partial charge in [-0.25, -0.2) is 9.67 Å². The highest BCUT2D eigenvalue weighted by atomic mass is 32.1. The van der Waals surface area contributed by atoms with E-state index in [1.807, 2.05) is 17.5 Å². The Morgan fingerprint density at radius 2 is 2.28 bits per heavy atom. The van der Waals surface area contributed by atoms with Gasteiger partial charge in [0.25, 0.3) is 0 Å². The average molecular weight is 261 g/mol. The van der Waals surface area contributed by atoms with Crippen molar-refractivity contribution in [2.45, 2.75) is 24.8 Å². The Hall–Kier alpha value is -1.82. The molecule has 0 aliphatic heterocycles. The normalized spacial score (nSPS) is 24.4. The molecule has 2 aromatic rings. The summed E-state index contributed by atoms with van der Waals surface area (Å²) >= 11 is 1.57. The monoisotopic (exact) mass is 261 g/mol. The molecule has 18 heavy (non-hydrogen) atoms. The van der Waals surface area contributed by atoms with Crippen LogP contribution in [0.1, 0.15) is 29.7 Å². The maximum atomic E-state index is 12.1. The van der Waals surface area contributed by atoms with Gasteiger partial charge in [-0.05, 0) is 11.4 Å². The number of ketones is 2. The van der Waals surface area contributed by atoms with Crippen molar-refractivity contribution >= 4 is 22.9 Å². The lowest BCUT2D eigenvalue weighted by Gasteiger charge is -2.28. The second kappa shape index (κ2) is 4.45. The van der Waals surface area contributed by atoms with Crippen LogP contribution in [0.5, 0.6) is 0 Å². The van der Waals surface area contributed by atoms with E-state index in [1.54, 1.807) is 22.3 Å². The molecule has 0 radical (unpaired) electrons. The summed E-state index contributed by atoms with van der Waals surface area (Å²) in [5.74, 6) is -0.176. The highest BCUT2D eigenvalue weighted by Crippen LogP contribution is 2.39. The van der Waals surface area contributed by atoms with Crippen molar-refractivity contribution in [3.05, 3.63) is 35.0 Å². The summed E-state index contributed by atoms with van der Waals surface area (Å²) in [6, 6.07) is 3.50. The molecule has 2 heterocycles. The fraction of sp³-hybridized carbons (Fsp3) is 0.333. The minimum absolute atomic E-state index is 0.00635. The Morgan fingerprint density at radius 1 is 1.39 bits per heavy atom. The average Bonchev–Trinajstić information content (AvgIpc) is 3.01. The molecule has 0 unspecified atom stereocenters. The van der Waals surface area contributed by atoms with Gasteiger partial charge in [-0.15, -0.1) is 11.3 Å². The van der Waals surface area contributed by atoms with Crippen LogP contribution < -0.4 is 0 Å². The summed E-state index contributed by atoms with van der Waals surface area (Å²) in [7, 11) is 0. The van der Waals surface area contributed by atoms with Crippen LogP contribution in [0.15, 0.2) is 30.2 Å². The Labute approximate surface area is 107 Å². The molecule has 1 fully saturated rings. The molecule has 5 nitrogen and oxygen atoms in total. The van der Waals surface area contributed by atoms with Crippen molar-refractivity contribution in [3.63, 3.8) is 0 Å². The fourth-order valence-electron chi connectivity index (χ4n) is 2.40. The Balaban J connectivity index is 2.01. The van der Waals surface area contributed by atoms with Gasteiger partial charge in [-0.1, -0.05) is 6.07 Å². The predicted molar refractivity (Wildman–Crippen MR) is 65.4 cm³/mol. The lowest BCUT2D eigenvalue weighted by molar-refractivity contribution is -0.133. The third kappa shape index (κ3) is 1.88. The second-order valence-electron chi connectivity index (χ2n) is 4.33. The minimum atomic E-state index is -0.399. The molecule has 6 heteroatoms. The zero-order chi connectivity index (χ0) is 12.5. The van der Waals surface area contributed by atoms with Crippen molar-refractivity contribution < 1.29 is 9.59 Å². The highest BCUT2D eigenvalue weighted by Gasteiger charge is 2.39. The molecule has 0 bridgehead atoms. The quantitative estimate of drug-likeness (QED) is 0.770. The molecule has 1 aliphatic rings. The van der Waals surface area contributed by atoms with Crippen LogP contribution in [-0.2, 0) is 9.59 Å². The van der Waals surface area contributed by atoms with Crippen LogP contribution in [0, 0.1) is 0 Å². The predicted octanol–water partition coefficient (Wildman–Crippen LogP) is 1.60. The molecule has 2 aromatic heterocycles. The number of thiophene rings is 1. The van der Waals surface area contributed by atoms with Crippen LogP contribution in [0.3, 0.4) is 0 Å². The first kappa shape index (κ1) is 11.3. The smallest absolute Gasteiger partial charge is 0.165 e. The lowest BCUT2D eigenvalue weighted by atomic mass is 9.82. The van der Waals surface area contributed by atoms with E-state index >= 15 is 0 Å². The first-order valence-corrected chi connectivity index (χ1v) is 6.55. The van der Waals surface area contributed by atoms with Gasteiger partial charge in [0.15, 0.2) is 5.78 Å². The molecule has 0 aromatic carbocycles. The molecule has 2 atom stereocenters. The molecule has 1 saturated carbocycles. The first-order chi connectivity index (χ1) is 8.75. The number of rotatable bonds is 2. The summed E-state index contributed by atoms with van der Waals surface area (Å²) in [6.07, 6.45) is 3.36. The minimum Gasteiger partial charge on any atom is -0.299 e. The molecule has 0 N–H and O–H groups in total. The van der Waals surface area contributed by atoms with E-state index in [1.165, 1.54) is 6.33 Å². The topological polar surface area (TPSA) is 64.8 Å². The van der Waals surface area contributed by atoms with Gasteiger partial charge in [-0.3, -0.25) is 9.59 Å². The highest BCUT2D eigenvalue weighted by molar-refractivity contribution is 7.10. The number of hydrogen-bond acceptors (Lipinski definition) is 5. The zero-order valence-corrected chi connectivity index (χ0v) is 10.3. The molecule has 1 aliphatic carbocycles. The van der Waals surface area contributed by atoms with E-state index < -0.39 is 6.04 Å². The largest absolute Gasteiger partial charge is 0.299 e. The number of carbonyl (C=O) groups excluding carboxylic acids is 2. The summed E-state index contributed by atoms with van der Waals surface area (Å²) in [5.41, 5.74) is 0. The van der Waals surface area contributed by atoms with E-state index in [2.05, 4.69) is 10.1 Å². The molecule has 3 rings (SSSR count). The Kier molecular flexibility index (Phi) is 2.79. The van der Waals surface area contributed by atoms with E-state index in [9.17, 15) is 9.59 Å². The van der Waals surface area contributed by atoms with Crippen LogP contribution in [0.4, 0.5) is 0 Å². The van der Waals surface area contributed by atoms with E-state index in [4.69, 9.17) is 0 Å². The molecule has 0 amide bonds. The van der Waals surface area contributed by atoms with E-state index in [-0.39, 0.29) is 23.9 Å². The van der Waals surface area contributed by atoms with Crippen LogP contribution in [0.25, 0.3) is 0 Å². The number of Topliss-reactive ketones (excluding diaryl/α,β-unsaturated/α-hetero) is 2. The Bertz CT molecular complexity index is 562. The standard InChI is InChI=1S/C12H11N3O2S/c16-8-4-9(11-2-1-3-18-11)12(10(17)5-8)15-7-13-6-14-15/h1-3,6-7,9,12H,4-5H2/t9-,12-/m0/s1. The van der Waals surface area contributed by atoms with Gasteiger partial charge in [0.05, 0.1) is 6.42 Å². The second-order valence-corrected chi connectivity index (χ2v) is 5.31. The van der Waals surface area contributed by atoms with Gasteiger partial charge in [0.2, 0.25) is 0 Å². The van der Waals surface area contributed by atoms with Crippen LogP contribution >= 0.6 is 11.3 Å². The maximum Gasteiger partial charge on any atom is 0.165 e. The van der Waals surface area contributed by atoms with Gasteiger partial charge < -0.3 is 0 Å². The third-order valence-electron chi connectivity index (χ3n) is 3.16. The molecular weight excluding hydrogens is 250 g/mol. The third-order valence-corrected chi connectivity index (χ3v) is 4.16. The number of hydrogen-bond donors (Lipinski definition) is 0. The van der Waals surface area contributed by atoms with Crippen molar-refractivity contribution in [2.24, 2.45) is 0 Å². The maximum absolute atomic E-state index is 12.1. The summed E-state index contributed by atoms with van der Waals surface area (Å²) in [5, 5.41) is 6.01. The van der Waals surface area contributed by atoms with Crippen LogP contribution in [0.2, 0.25) is 0 Å². The SMILES string of the molecule is O=C1CC(=O)[C@@H](n2cncn2)[C@H](c2cccs2)C1. The molecular formula is C12H11N3O2S. The Morgan fingerprint density at radius 3 is 2.94 bits per heavy atom. The van der Waals surface area contributed by atoms with Gasteiger partial charge in [0.1, 0.15) is 24.5 Å². The number of carbonyl (C=O) groups is 2. The van der Waals surface area contributed by atoms with Gasteiger partial charge in [-0.2, -0.15) is 5.10 Å². The summed E-state index contributed by atoms with van der Waals surface area (Å²) in [4.78, 5) is 28.7. The summed E-state index contributed by atoms with van der Waals surface area (Å²) in [6.45, 7) is 0. The first-order valence-electron chi connectivity index (χ1n) is 5.67. The van der Waals surface area contributed by atoms with Crippen molar-refractivity contribution in [1.82, 2.24) is 14.8 Å². The summed E-state index contributed by atoms with van der Waals surface area (Å²) < 4.78 is 1.57. The fourth-order valence-corrected chi connectivity index (χ4v) is 3.26. The van der Waals surface area contributed by atoms with E-state index in [0.717, 1.165) is 4.88 Å².